The van der Waals surface area contributed by atoms with Crippen LogP contribution in [0.15, 0.2) is 0 Å². The minimum Gasteiger partial charge on any atom is -0.314 e. The average Bonchev–Trinajstić information content (AvgIpc) is 2.51. The molecule has 2 aliphatic heterocycles. The molecule has 0 amide bonds. The summed E-state index contributed by atoms with van der Waals surface area (Å²) < 4.78 is 0. The van der Waals surface area contributed by atoms with E-state index in [2.05, 4.69) is 76.7 Å². The summed E-state index contributed by atoms with van der Waals surface area (Å²) in [4.78, 5) is 0. The van der Waals surface area contributed by atoms with Crippen LogP contribution in [0, 0.1) is 0 Å². The van der Waals surface area contributed by atoms with Gasteiger partial charge in [-0.2, -0.15) is 0 Å². The standard InChI is InChI=1S/C24H50N4/c1-9-11-13-25-19-15-21(3,4)27-23(7,17-19)24(8)18-20(26-14-12-10-2)16-22(5,6)28-24/h19-20,25-28H,9-18H2,1-8H3. The van der Waals surface area contributed by atoms with Gasteiger partial charge in [0.1, 0.15) is 0 Å². The zero-order chi connectivity index (χ0) is 21.1. The topological polar surface area (TPSA) is 48.1 Å². The van der Waals surface area contributed by atoms with E-state index in [1.165, 1.54) is 51.4 Å². The lowest BCUT2D eigenvalue weighted by Gasteiger charge is -2.61. The molecule has 28 heavy (non-hydrogen) atoms. The molecule has 0 aliphatic carbocycles. The minimum atomic E-state index is 0.0566. The highest BCUT2D eigenvalue weighted by Crippen LogP contribution is 2.42. The van der Waals surface area contributed by atoms with Crippen LogP contribution >= 0.6 is 0 Å². The second kappa shape index (κ2) is 9.32. The van der Waals surface area contributed by atoms with Crippen LogP contribution in [0.4, 0.5) is 0 Å². The van der Waals surface area contributed by atoms with Crippen LogP contribution in [-0.4, -0.2) is 47.3 Å². The molecule has 0 aromatic rings. The van der Waals surface area contributed by atoms with Crippen LogP contribution in [0.1, 0.15) is 107 Å². The van der Waals surface area contributed by atoms with Gasteiger partial charge in [-0.05, 0) is 93.2 Å². The van der Waals surface area contributed by atoms with Crippen molar-refractivity contribution < 1.29 is 0 Å². The molecular weight excluding hydrogens is 344 g/mol. The monoisotopic (exact) mass is 394 g/mol. The highest BCUT2D eigenvalue weighted by molar-refractivity contribution is 5.17. The van der Waals surface area contributed by atoms with Crippen molar-refractivity contribution in [2.75, 3.05) is 13.1 Å². The third-order valence-electron chi connectivity index (χ3n) is 7.20. The summed E-state index contributed by atoms with van der Waals surface area (Å²) in [6.45, 7) is 21.3. The van der Waals surface area contributed by atoms with Crippen molar-refractivity contribution in [2.45, 2.75) is 141 Å². The second-order valence-corrected chi connectivity index (χ2v) is 11.5. The second-order valence-electron chi connectivity index (χ2n) is 11.5. The van der Waals surface area contributed by atoms with E-state index in [1.807, 2.05) is 0 Å². The summed E-state index contributed by atoms with van der Waals surface area (Å²) in [6.07, 6.45) is 9.82. The predicted octanol–water partition coefficient (Wildman–Crippen LogP) is 4.34. The average molecular weight is 395 g/mol. The first-order valence-electron chi connectivity index (χ1n) is 12.0. The Bertz CT molecular complexity index is 445. The van der Waals surface area contributed by atoms with E-state index in [1.54, 1.807) is 0 Å². The van der Waals surface area contributed by atoms with E-state index in [0.29, 0.717) is 12.1 Å². The lowest BCUT2D eigenvalue weighted by atomic mass is 9.63. The fourth-order valence-electron chi connectivity index (χ4n) is 6.04. The molecule has 0 radical (unpaired) electrons. The molecule has 4 unspecified atom stereocenters. The number of piperidine rings is 2. The van der Waals surface area contributed by atoms with Crippen molar-refractivity contribution in [1.82, 2.24) is 21.3 Å². The van der Waals surface area contributed by atoms with Gasteiger partial charge >= 0.3 is 0 Å². The van der Waals surface area contributed by atoms with E-state index in [4.69, 9.17) is 0 Å². The van der Waals surface area contributed by atoms with Crippen molar-refractivity contribution in [2.24, 2.45) is 0 Å². The summed E-state index contributed by atoms with van der Waals surface area (Å²) in [6, 6.07) is 1.17. The fraction of sp³-hybridized carbons (Fsp3) is 1.00. The first kappa shape index (κ1) is 24.1. The van der Waals surface area contributed by atoms with Crippen LogP contribution in [-0.2, 0) is 0 Å². The maximum Gasteiger partial charge on any atom is 0.0352 e. The maximum absolute atomic E-state index is 4.10. The first-order chi connectivity index (χ1) is 12.9. The fourth-order valence-corrected chi connectivity index (χ4v) is 6.04. The van der Waals surface area contributed by atoms with E-state index < -0.39 is 0 Å². The normalized spacial score (nSPS) is 37.7. The molecule has 2 heterocycles. The van der Waals surface area contributed by atoms with Crippen molar-refractivity contribution in [3.63, 3.8) is 0 Å². The highest BCUT2D eigenvalue weighted by atomic mass is 15.2. The number of unbranched alkanes of at least 4 members (excludes halogenated alkanes) is 2. The third kappa shape index (κ3) is 6.17. The van der Waals surface area contributed by atoms with Gasteiger partial charge in [0.05, 0.1) is 0 Å². The summed E-state index contributed by atoms with van der Waals surface area (Å²) in [7, 11) is 0. The molecule has 0 bridgehead atoms. The van der Waals surface area contributed by atoms with Gasteiger partial charge in [-0.1, -0.05) is 26.7 Å². The number of rotatable bonds is 9. The SMILES string of the molecule is CCCCNC1CC(C)(C)NC(C)(C2(C)CC(NCCCC)CC(C)(C)N2)C1. The van der Waals surface area contributed by atoms with Crippen molar-refractivity contribution >= 4 is 0 Å². The van der Waals surface area contributed by atoms with E-state index in [0.717, 1.165) is 13.1 Å². The van der Waals surface area contributed by atoms with Gasteiger partial charge in [-0.3, -0.25) is 0 Å². The van der Waals surface area contributed by atoms with E-state index >= 15 is 0 Å². The van der Waals surface area contributed by atoms with Crippen LogP contribution in [0.3, 0.4) is 0 Å². The molecular formula is C24H50N4. The Hall–Kier alpha value is -0.160. The van der Waals surface area contributed by atoms with Gasteiger partial charge in [-0.25, -0.2) is 0 Å². The third-order valence-corrected chi connectivity index (χ3v) is 7.20. The van der Waals surface area contributed by atoms with Crippen molar-refractivity contribution in [1.29, 1.82) is 0 Å². The van der Waals surface area contributed by atoms with Crippen molar-refractivity contribution in [3.8, 4) is 0 Å². The molecule has 2 aliphatic rings. The van der Waals surface area contributed by atoms with Gasteiger partial charge in [0.25, 0.3) is 0 Å². The largest absolute Gasteiger partial charge is 0.314 e. The number of hydrogen-bond donors (Lipinski definition) is 4. The summed E-state index contributed by atoms with van der Waals surface area (Å²) in [5.41, 5.74) is 0.407. The van der Waals surface area contributed by atoms with Crippen LogP contribution in [0.5, 0.6) is 0 Å². The van der Waals surface area contributed by atoms with Crippen LogP contribution in [0.2, 0.25) is 0 Å². The van der Waals surface area contributed by atoms with E-state index in [9.17, 15) is 0 Å². The molecule has 2 saturated heterocycles. The Morgan fingerprint density at radius 1 is 0.643 bits per heavy atom. The molecule has 0 spiro atoms. The zero-order valence-electron chi connectivity index (χ0n) is 20.2. The van der Waals surface area contributed by atoms with Crippen LogP contribution < -0.4 is 21.3 Å². The van der Waals surface area contributed by atoms with Crippen LogP contribution in [0.25, 0.3) is 0 Å². The smallest absolute Gasteiger partial charge is 0.0352 e. The molecule has 0 aromatic carbocycles. The van der Waals surface area contributed by atoms with Gasteiger partial charge in [-0.15, -0.1) is 0 Å². The molecule has 4 N–H and O–H groups in total. The number of hydrogen-bond acceptors (Lipinski definition) is 4. The van der Waals surface area contributed by atoms with Gasteiger partial charge < -0.3 is 21.3 Å². The lowest BCUT2D eigenvalue weighted by molar-refractivity contribution is 0.00278. The van der Waals surface area contributed by atoms with Gasteiger partial charge in [0.15, 0.2) is 0 Å². The lowest BCUT2D eigenvalue weighted by Crippen LogP contribution is -2.79. The Labute approximate surface area is 175 Å². The maximum atomic E-state index is 4.10. The molecule has 166 valence electrons. The summed E-state index contributed by atoms with van der Waals surface area (Å²) in [5.74, 6) is 0. The molecule has 2 fully saturated rings. The molecule has 4 nitrogen and oxygen atoms in total. The molecule has 0 aromatic heterocycles. The molecule has 2 rings (SSSR count). The Morgan fingerprint density at radius 2 is 1.00 bits per heavy atom. The molecule has 4 atom stereocenters. The Morgan fingerprint density at radius 3 is 1.32 bits per heavy atom. The first-order valence-corrected chi connectivity index (χ1v) is 12.0. The summed E-state index contributed by atoms with van der Waals surface area (Å²) >= 11 is 0. The quantitative estimate of drug-likeness (QED) is 0.439. The van der Waals surface area contributed by atoms with Gasteiger partial charge in [0, 0.05) is 34.2 Å². The summed E-state index contributed by atoms with van der Waals surface area (Å²) in [5, 5.41) is 16.0. The zero-order valence-corrected chi connectivity index (χ0v) is 20.2. The minimum absolute atomic E-state index is 0.0566. The molecule has 4 heteroatoms. The number of nitrogens with one attached hydrogen (secondary N) is 4. The highest BCUT2D eigenvalue weighted by Gasteiger charge is 2.55. The van der Waals surface area contributed by atoms with Crippen molar-refractivity contribution in [3.05, 3.63) is 0 Å². The predicted molar refractivity (Wildman–Crippen MR) is 123 cm³/mol. The Kier molecular flexibility index (Phi) is 8.03. The van der Waals surface area contributed by atoms with Gasteiger partial charge in [0.2, 0.25) is 0 Å². The Balaban J connectivity index is 2.19. The molecule has 0 saturated carbocycles. The van der Waals surface area contributed by atoms with E-state index in [-0.39, 0.29) is 22.2 Å².